The molecule has 0 fully saturated rings. The van der Waals surface area contributed by atoms with Crippen LogP contribution in [0.4, 0.5) is 10.7 Å². The van der Waals surface area contributed by atoms with Crippen LogP contribution in [0.25, 0.3) is 17.4 Å². The van der Waals surface area contributed by atoms with Gasteiger partial charge in [0.1, 0.15) is 28.2 Å². The first-order valence-electron chi connectivity index (χ1n) is 11.4. The van der Waals surface area contributed by atoms with E-state index in [9.17, 15) is 25.0 Å². The van der Waals surface area contributed by atoms with Crippen LogP contribution in [0.2, 0.25) is 0 Å². The Labute approximate surface area is 211 Å². The van der Waals surface area contributed by atoms with E-state index in [4.69, 9.17) is 9.15 Å². The van der Waals surface area contributed by atoms with E-state index < -0.39 is 16.8 Å². The van der Waals surface area contributed by atoms with Gasteiger partial charge in [0, 0.05) is 28.6 Å². The van der Waals surface area contributed by atoms with E-state index in [1.54, 1.807) is 32.0 Å². The predicted octanol–water partition coefficient (Wildman–Crippen LogP) is 5.83. The van der Waals surface area contributed by atoms with Crippen molar-refractivity contribution in [2.24, 2.45) is 0 Å². The summed E-state index contributed by atoms with van der Waals surface area (Å²) >= 11 is 1.34. The molecule has 9 nitrogen and oxygen atoms in total. The van der Waals surface area contributed by atoms with E-state index >= 15 is 0 Å². The first-order chi connectivity index (χ1) is 17.3. The van der Waals surface area contributed by atoms with Crippen molar-refractivity contribution in [2.45, 2.75) is 39.5 Å². The second-order valence-corrected chi connectivity index (χ2v) is 9.32. The molecule has 0 saturated heterocycles. The Hall–Kier alpha value is -4.23. The first kappa shape index (κ1) is 24.9. The highest BCUT2D eigenvalue weighted by Gasteiger charge is 2.28. The van der Waals surface area contributed by atoms with Crippen molar-refractivity contribution in [3.63, 3.8) is 0 Å². The molecule has 4 rings (SSSR count). The number of fused-ring (bicyclic) bond motifs is 1. The van der Waals surface area contributed by atoms with E-state index in [0.29, 0.717) is 21.9 Å². The van der Waals surface area contributed by atoms with Crippen LogP contribution in [0.1, 0.15) is 51.9 Å². The number of nitro benzene ring substituents is 1. The van der Waals surface area contributed by atoms with Gasteiger partial charge < -0.3 is 14.5 Å². The van der Waals surface area contributed by atoms with E-state index in [1.165, 1.54) is 29.5 Å². The molecular weight excluding hydrogens is 482 g/mol. The number of thiophene rings is 1. The molecular formula is C26H23N3O6S. The third-order valence-corrected chi connectivity index (χ3v) is 7.06. The number of carbonyl (C=O) groups is 2. The lowest BCUT2D eigenvalue weighted by Crippen LogP contribution is -2.16. The summed E-state index contributed by atoms with van der Waals surface area (Å²) < 4.78 is 11.0. The zero-order chi connectivity index (χ0) is 25.8. The van der Waals surface area contributed by atoms with E-state index in [0.717, 1.165) is 41.7 Å². The third-order valence-electron chi connectivity index (χ3n) is 5.85. The standard InChI is InChI=1S/C26H23N3O6S/c1-3-34-26(31)23-19-6-4-5-7-22(19)36-25(23)28-24(30)16(14-27)12-18-10-11-21(35-18)20-13-17(29(32)33)9-8-15(20)2/h8-13H,3-7H2,1-2H3,(H,28,30)/b16-12+. The van der Waals surface area contributed by atoms with Gasteiger partial charge in [0.15, 0.2) is 0 Å². The molecule has 1 amide bonds. The molecule has 0 aliphatic heterocycles. The maximum atomic E-state index is 13.0. The van der Waals surface area contributed by atoms with Crippen LogP contribution >= 0.6 is 11.3 Å². The van der Waals surface area contributed by atoms with Crippen molar-refractivity contribution < 1.29 is 23.7 Å². The maximum Gasteiger partial charge on any atom is 0.341 e. The zero-order valence-corrected chi connectivity index (χ0v) is 20.6. The highest BCUT2D eigenvalue weighted by Crippen LogP contribution is 2.39. The molecule has 1 aliphatic rings. The van der Waals surface area contributed by atoms with Crippen LogP contribution in [0, 0.1) is 28.4 Å². The van der Waals surface area contributed by atoms with Gasteiger partial charge in [-0.15, -0.1) is 11.3 Å². The van der Waals surface area contributed by atoms with Gasteiger partial charge >= 0.3 is 5.97 Å². The average molecular weight is 506 g/mol. The number of nitrogens with one attached hydrogen (secondary N) is 1. The maximum absolute atomic E-state index is 13.0. The van der Waals surface area contributed by atoms with E-state index in [2.05, 4.69) is 5.32 Å². The summed E-state index contributed by atoms with van der Waals surface area (Å²) in [5.74, 6) is -0.557. The normalized spacial score (nSPS) is 13.0. The largest absolute Gasteiger partial charge is 0.462 e. The number of non-ortho nitro benzene ring substituents is 1. The summed E-state index contributed by atoms with van der Waals surface area (Å²) in [7, 11) is 0. The number of amides is 1. The Morgan fingerprint density at radius 2 is 2.06 bits per heavy atom. The van der Waals surface area contributed by atoms with E-state index in [1.807, 2.05) is 6.07 Å². The van der Waals surface area contributed by atoms with Gasteiger partial charge in [0.2, 0.25) is 0 Å². The molecule has 2 aromatic heterocycles. The molecule has 0 spiro atoms. The molecule has 10 heteroatoms. The number of ether oxygens (including phenoxy) is 1. The summed E-state index contributed by atoms with van der Waals surface area (Å²) in [6.45, 7) is 3.73. The number of aryl methyl sites for hydroxylation is 2. The van der Waals surface area contributed by atoms with E-state index in [-0.39, 0.29) is 23.6 Å². The Morgan fingerprint density at radius 3 is 2.78 bits per heavy atom. The van der Waals surface area contributed by atoms with Crippen molar-refractivity contribution in [3.8, 4) is 17.4 Å². The Kier molecular flexibility index (Phi) is 7.31. The molecule has 3 aromatic rings. The second kappa shape index (κ2) is 10.6. The summed E-state index contributed by atoms with van der Waals surface area (Å²) in [5, 5.41) is 23.9. The lowest BCUT2D eigenvalue weighted by atomic mass is 9.95. The highest BCUT2D eigenvalue weighted by atomic mass is 32.1. The molecule has 1 aliphatic carbocycles. The molecule has 36 heavy (non-hydrogen) atoms. The SMILES string of the molecule is CCOC(=O)c1c(NC(=O)/C(C#N)=C/c2ccc(-c3cc([N+](=O)[O-])ccc3C)o2)sc2c1CCCC2. The van der Waals surface area contributed by atoms with Crippen molar-refractivity contribution in [1.82, 2.24) is 0 Å². The van der Waals surface area contributed by atoms with Crippen molar-refractivity contribution in [1.29, 1.82) is 5.26 Å². The van der Waals surface area contributed by atoms with Crippen LogP contribution in [0.15, 0.2) is 40.3 Å². The van der Waals surface area contributed by atoms with Crippen molar-refractivity contribution in [2.75, 3.05) is 11.9 Å². The molecule has 0 unspecified atom stereocenters. The van der Waals surface area contributed by atoms with Crippen LogP contribution in [-0.2, 0) is 22.4 Å². The topological polar surface area (TPSA) is 135 Å². The second-order valence-electron chi connectivity index (χ2n) is 8.22. The van der Waals surface area contributed by atoms with Gasteiger partial charge in [-0.25, -0.2) is 4.79 Å². The predicted molar refractivity (Wildman–Crippen MR) is 135 cm³/mol. The fraction of sp³-hybridized carbons (Fsp3) is 0.269. The first-order valence-corrected chi connectivity index (χ1v) is 12.2. The van der Waals surface area contributed by atoms with Gasteiger partial charge in [0.25, 0.3) is 11.6 Å². The Morgan fingerprint density at radius 1 is 1.28 bits per heavy atom. The molecule has 184 valence electrons. The number of nitriles is 1. The van der Waals surface area contributed by atoms with Crippen LogP contribution in [0.5, 0.6) is 0 Å². The lowest BCUT2D eigenvalue weighted by molar-refractivity contribution is -0.384. The summed E-state index contributed by atoms with van der Waals surface area (Å²) in [6, 6.07) is 9.52. The smallest absolute Gasteiger partial charge is 0.341 e. The minimum absolute atomic E-state index is 0.0720. The van der Waals surface area contributed by atoms with Crippen molar-refractivity contribution in [3.05, 3.63) is 73.3 Å². The number of nitro groups is 1. The summed E-state index contributed by atoms with van der Waals surface area (Å²) in [5.41, 5.74) is 2.30. The Bertz CT molecular complexity index is 1430. The quantitative estimate of drug-likeness (QED) is 0.140. The summed E-state index contributed by atoms with van der Waals surface area (Å²) in [4.78, 5) is 37.3. The van der Waals surface area contributed by atoms with Crippen LogP contribution in [-0.4, -0.2) is 23.4 Å². The third kappa shape index (κ3) is 5.06. The number of benzene rings is 1. The fourth-order valence-corrected chi connectivity index (χ4v) is 5.37. The monoisotopic (exact) mass is 505 g/mol. The molecule has 0 radical (unpaired) electrons. The van der Waals surface area contributed by atoms with Gasteiger partial charge in [-0.1, -0.05) is 6.07 Å². The molecule has 0 bridgehead atoms. The molecule has 1 N–H and O–H groups in total. The average Bonchev–Trinajstić information content (AvgIpc) is 3.46. The number of hydrogen-bond acceptors (Lipinski definition) is 8. The van der Waals surface area contributed by atoms with Crippen LogP contribution < -0.4 is 5.32 Å². The number of rotatable bonds is 7. The van der Waals surface area contributed by atoms with Gasteiger partial charge in [-0.2, -0.15) is 5.26 Å². The molecule has 1 aromatic carbocycles. The van der Waals surface area contributed by atoms with Gasteiger partial charge in [-0.3, -0.25) is 14.9 Å². The molecule has 0 saturated carbocycles. The minimum Gasteiger partial charge on any atom is -0.462 e. The van der Waals surface area contributed by atoms with Gasteiger partial charge in [-0.05, 0) is 62.8 Å². The summed E-state index contributed by atoms with van der Waals surface area (Å²) in [6.07, 6.45) is 4.83. The highest BCUT2D eigenvalue weighted by molar-refractivity contribution is 7.17. The Balaban J connectivity index is 1.61. The molecule has 2 heterocycles. The zero-order valence-electron chi connectivity index (χ0n) is 19.8. The fourth-order valence-electron chi connectivity index (χ4n) is 4.10. The number of furan rings is 1. The number of nitrogens with zero attached hydrogens (tertiary/aromatic N) is 2. The van der Waals surface area contributed by atoms with Crippen molar-refractivity contribution >= 4 is 40.0 Å². The lowest BCUT2D eigenvalue weighted by Gasteiger charge is -2.12. The molecule has 0 atom stereocenters. The number of carbonyl (C=O) groups excluding carboxylic acids is 2. The minimum atomic E-state index is -0.675. The number of esters is 1. The van der Waals surface area contributed by atoms with Crippen LogP contribution in [0.3, 0.4) is 0 Å². The number of hydrogen-bond donors (Lipinski definition) is 1. The van der Waals surface area contributed by atoms with Gasteiger partial charge in [0.05, 0.1) is 17.1 Å². The number of anilines is 1.